The number of alkyl carbamates (subject to hydrolysis) is 1. The highest BCUT2D eigenvalue weighted by Crippen LogP contribution is 2.44. The lowest BCUT2D eigenvalue weighted by Gasteiger charge is -2.33. The maximum absolute atomic E-state index is 12.8. The molecule has 2 aromatic carbocycles. The molecule has 186 valence electrons. The SMILES string of the molecule is CCC(C)(NC(=O)C[C@@H]1CCCC[C@@H]1NC(=O)OCC1c2ccccc2-c2ccccc21)C(=O)O. The highest BCUT2D eigenvalue weighted by atomic mass is 16.5. The fraction of sp³-hybridized carbons (Fsp3) is 0.464. The molecule has 0 bridgehead atoms. The minimum atomic E-state index is -1.29. The first-order valence-electron chi connectivity index (χ1n) is 12.5. The third-order valence-electron chi connectivity index (χ3n) is 7.60. The van der Waals surface area contributed by atoms with Crippen LogP contribution in [0, 0.1) is 5.92 Å². The average Bonchev–Trinajstić information content (AvgIpc) is 3.17. The molecule has 2 aliphatic rings. The number of nitrogens with one attached hydrogen (secondary N) is 2. The quantitative estimate of drug-likeness (QED) is 0.503. The summed E-state index contributed by atoms with van der Waals surface area (Å²) in [4.78, 5) is 36.9. The number of hydrogen-bond acceptors (Lipinski definition) is 4. The Bertz CT molecular complexity index is 1050. The van der Waals surface area contributed by atoms with Crippen LogP contribution in [0.5, 0.6) is 0 Å². The second-order valence-electron chi connectivity index (χ2n) is 9.86. The predicted octanol–water partition coefficient (Wildman–Crippen LogP) is 4.84. The van der Waals surface area contributed by atoms with Crippen molar-refractivity contribution in [3.8, 4) is 11.1 Å². The van der Waals surface area contributed by atoms with Crippen LogP contribution < -0.4 is 10.6 Å². The zero-order chi connectivity index (χ0) is 25.0. The Morgan fingerprint density at radius 2 is 1.60 bits per heavy atom. The number of amides is 2. The Hall–Kier alpha value is -3.35. The zero-order valence-electron chi connectivity index (χ0n) is 20.4. The smallest absolute Gasteiger partial charge is 0.407 e. The van der Waals surface area contributed by atoms with Gasteiger partial charge in [0.25, 0.3) is 0 Å². The number of hydrogen-bond donors (Lipinski definition) is 3. The number of ether oxygens (including phenoxy) is 1. The van der Waals surface area contributed by atoms with E-state index < -0.39 is 17.6 Å². The minimum Gasteiger partial charge on any atom is -0.480 e. The van der Waals surface area contributed by atoms with E-state index in [2.05, 4.69) is 34.9 Å². The summed E-state index contributed by atoms with van der Waals surface area (Å²) >= 11 is 0. The first kappa shape index (κ1) is 24.8. The fourth-order valence-electron chi connectivity index (χ4n) is 5.32. The summed E-state index contributed by atoms with van der Waals surface area (Å²) < 4.78 is 5.70. The first-order chi connectivity index (χ1) is 16.8. The van der Waals surface area contributed by atoms with Gasteiger partial charge in [0.15, 0.2) is 0 Å². The van der Waals surface area contributed by atoms with Gasteiger partial charge in [-0.2, -0.15) is 0 Å². The predicted molar refractivity (Wildman–Crippen MR) is 133 cm³/mol. The molecule has 0 aliphatic heterocycles. The summed E-state index contributed by atoms with van der Waals surface area (Å²) in [7, 11) is 0. The van der Waals surface area contributed by atoms with Crippen LogP contribution in [-0.4, -0.2) is 41.3 Å². The molecule has 7 heteroatoms. The van der Waals surface area contributed by atoms with Gasteiger partial charge in [0.2, 0.25) is 5.91 Å². The normalized spacial score (nSPS) is 20.7. The van der Waals surface area contributed by atoms with Gasteiger partial charge in [0, 0.05) is 18.4 Å². The highest BCUT2D eigenvalue weighted by molar-refractivity contribution is 5.86. The highest BCUT2D eigenvalue weighted by Gasteiger charge is 2.35. The van der Waals surface area contributed by atoms with E-state index >= 15 is 0 Å². The van der Waals surface area contributed by atoms with Gasteiger partial charge in [-0.15, -0.1) is 0 Å². The van der Waals surface area contributed by atoms with Crippen molar-refractivity contribution in [3.05, 3.63) is 59.7 Å². The molecular formula is C28H34N2O5. The zero-order valence-corrected chi connectivity index (χ0v) is 20.4. The molecule has 35 heavy (non-hydrogen) atoms. The third-order valence-corrected chi connectivity index (χ3v) is 7.60. The van der Waals surface area contributed by atoms with Crippen molar-refractivity contribution in [1.29, 1.82) is 0 Å². The van der Waals surface area contributed by atoms with E-state index in [-0.39, 0.29) is 36.8 Å². The number of fused-ring (bicyclic) bond motifs is 3. The van der Waals surface area contributed by atoms with Gasteiger partial charge in [-0.25, -0.2) is 9.59 Å². The van der Waals surface area contributed by atoms with Crippen LogP contribution in [0.15, 0.2) is 48.5 Å². The average molecular weight is 479 g/mol. The lowest BCUT2D eigenvalue weighted by atomic mass is 9.82. The molecule has 2 aromatic rings. The molecular weight excluding hydrogens is 444 g/mol. The Morgan fingerprint density at radius 1 is 1.00 bits per heavy atom. The van der Waals surface area contributed by atoms with Crippen molar-refractivity contribution >= 4 is 18.0 Å². The molecule has 3 atom stereocenters. The van der Waals surface area contributed by atoms with Gasteiger partial charge in [-0.1, -0.05) is 68.3 Å². The molecule has 0 radical (unpaired) electrons. The van der Waals surface area contributed by atoms with E-state index in [0.29, 0.717) is 6.42 Å². The fourth-order valence-corrected chi connectivity index (χ4v) is 5.32. The van der Waals surface area contributed by atoms with Crippen molar-refractivity contribution in [2.45, 2.75) is 69.9 Å². The Balaban J connectivity index is 1.36. The van der Waals surface area contributed by atoms with E-state index in [4.69, 9.17) is 4.74 Å². The number of rotatable bonds is 8. The van der Waals surface area contributed by atoms with Crippen LogP contribution in [0.4, 0.5) is 4.79 Å². The van der Waals surface area contributed by atoms with Crippen molar-refractivity contribution in [1.82, 2.24) is 10.6 Å². The molecule has 1 fully saturated rings. The van der Waals surface area contributed by atoms with Crippen LogP contribution in [0.2, 0.25) is 0 Å². The van der Waals surface area contributed by atoms with Crippen molar-refractivity contribution in [2.75, 3.05) is 6.61 Å². The van der Waals surface area contributed by atoms with Gasteiger partial charge in [0.1, 0.15) is 12.1 Å². The van der Waals surface area contributed by atoms with E-state index in [1.165, 1.54) is 18.1 Å². The van der Waals surface area contributed by atoms with Gasteiger partial charge in [0.05, 0.1) is 0 Å². The third kappa shape index (κ3) is 5.34. The Morgan fingerprint density at radius 3 is 2.20 bits per heavy atom. The van der Waals surface area contributed by atoms with Crippen LogP contribution >= 0.6 is 0 Å². The number of carbonyl (C=O) groups is 3. The van der Waals surface area contributed by atoms with E-state index in [1.807, 2.05) is 24.3 Å². The van der Waals surface area contributed by atoms with E-state index in [0.717, 1.165) is 36.8 Å². The number of carbonyl (C=O) groups excluding carboxylic acids is 2. The van der Waals surface area contributed by atoms with Gasteiger partial charge >= 0.3 is 12.1 Å². The summed E-state index contributed by atoms with van der Waals surface area (Å²) in [5, 5.41) is 15.1. The van der Waals surface area contributed by atoms with Crippen molar-refractivity contribution < 1.29 is 24.2 Å². The summed E-state index contributed by atoms with van der Waals surface area (Å²) in [5.74, 6) is -1.42. The molecule has 4 rings (SSSR count). The molecule has 0 spiro atoms. The number of carboxylic acid groups (broad SMARTS) is 1. The molecule has 0 saturated heterocycles. The number of aliphatic carboxylic acids is 1. The van der Waals surface area contributed by atoms with Crippen LogP contribution in [0.3, 0.4) is 0 Å². The lowest BCUT2D eigenvalue weighted by Crippen LogP contribution is -2.53. The monoisotopic (exact) mass is 478 g/mol. The summed E-state index contributed by atoms with van der Waals surface area (Å²) in [6.45, 7) is 3.49. The van der Waals surface area contributed by atoms with E-state index in [9.17, 15) is 19.5 Å². The number of carboxylic acids is 1. The second kappa shape index (κ2) is 10.5. The second-order valence-corrected chi connectivity index (χ2v) is 9.86. The molecule has 2 aliphatic carbocycles. The van der Waals surface area contributed by atoms with Crippen LogP contribution in [0.1, 0.15) is 69.4 Å². The van der Waals surface area contributed by atoms with Crippen molar-refractivity contribution in [2.24, 2.45) is 5.92 Å². The molecule has 0 heterocycles. The van der Waals surface area contributed by atoms with Crippen LogP contribution in [0.25, 0.3) is 11.1 Å². The molecule has 3 N–H and O–H groups in total. The maximum atomic E-state index is 12.8. The summed E-state index contributed by atoms with van der Waals surface area (Å²) in [6, 6.07) is 16.2. The summed E-state index contributed by atoms with van der Waals surface area (Å²) in [6.07, 6.45) is 3.51. The maximum Gasteiger partial charge on any atom is 0.407 e. The van der Waals surface area contributed by atoms with E-state index in [1.54, 1.807) is 6.92 Å². The van der Waals surface area contributed by atoms with Crippen LogP contribution in [-0.2, 0) is 14.3 Å². The Labute approximate surface area is 206 Å². The largest absolute Gasteiger partial charge is 0.480 e. The molecule has 7 nitrogen and oxygen atoms in total. The molecule has 2 amide bonds. The van der Waals surface area contributed by atoms with Gasteiger partial charge < -0.3 is 20.5 Å². The molecule has 1 unspecified atom stereocenters. The van der Waals surface area contributed by atoms with Crippen molar-refractivity contribution in [3.63, 3.8) is 0 Å². The van der Waals surface area contributed by atoms with Gasteiger partial charge in [-0.05, 0) is 54.4 Å². The summed E-state index contributed by atoms with van der Waals surface area (Å²) in [5.41, 5.74) is 3.38. The van der Waals surface area contributed by atoms with Gasteiger partial charge in [-0.3, -0.25) is 4.79 Å². The topological polar surface area (TPSA) is 105 Å². The first-order valence-corrected chi connectivity index (χ1v) is 12.5. The minimum absolute atomic E-state index is 0.0104. The molecule has 0 aromatic heterocycles. The lowest BCUT2D eigenvalue weighted by molar-refractivity contribution is -0.147. The standard InChI is InChI=1S/C28H34N2O5/c1-3-28(2,26(32)33)30-25(31)16-18-10-4-9-15-24(18)29-27(34)35-17-23-21-13-7-5-11-19(21)20-12-6-8-14-22(20)23/h5-8,11-14,18,23-24H,3-4,9-10,15-17H2,1-2H3,(H,29,34)(H,30,31)(H,32,33)/t18-,24-,28?/m0/s1. The number of benzene rings is 2. The molecule has 1 saturated carbocycles. The Kier molecular flexibility index (Phi) is 7.43.